The van der Waals surface area contributed by atoms with Crippen LogP contribution in [0.15, 0.2) is 0 Å². The second kappa shape index (κ2) is 10.1. The molecule has 0 amide bonds. The van der Waals surface area contributed by atoms with E-state index in [-0.39, 0.29) is 49.5 Å². The summed E-state index contributed by atoms with van der Waals surface area (Å²) in [5, 5.41) is 0. The maximum absolute atomic E-state index is 5.34. The largest absolute Gasteiger partial charge is 4.00 e. The van der Waals surface area contributed by atoms with Gasteiger partial charge in [0.25, 0.3) is 0 Å². The third-order valence-electron chi connectivity index (χ3n) is 5.85. The van der Waals surface area contributed by atoms with Crippen LogP contribution in [0, 0.1) is 46.0 Å². The van der Waals surface area contributed by atoms with Crippen LogP contribution in [0.1, 0.15) is 60.3 Å². The summed E-state index contributed by atoms with van der Waals surface area (Å²) < 4.78 is 0. The standard InChI is InChI=1S/C17H34NSi.3CH3.Ti/c1-12-13(2)16(15-11-9-8-10-14(12)15)19(6,7)18-17(3,4)5;;;;/h12-16H,8-11H2,1-7H3;3*1H3;/q4*-1;+4/t12-,13?,14+,15+,16+;;;;/m1..../s1. The monoisotopic (exact) mass is 373 g/mol. The molecule has 0 aromatic carbocycles. The van der Waals surface area contributed by atoms with Gasteiger partial charge >= 0.3 is 21.7 Å². The van der Waals surface area contributed by atoms with Crippen LogP contribution in [0.5, 0.6) is 0 Å². The maximum Gasteiger partial charge on any atom is 4.00 e. The molecule has 0 heterocycles. The molecule has 2 rings (SSSR count). The molecule has 2 aliphatic carbocycles. The summed E-state index contributed by atoms with van der Waals surface area (Å²) >= 11 is 0. The van der Waals surface area contributed by atoms with Gasteiger partial charge in [0.05, 0.1) is 0 Å². The first-order valence-electron chi connectivity index (χ1n) is 8.37. The molecule has 3 heteroatoms. The molecule has 2 aliphatic rings. The zero-order valence-corrected chi connectivity index (χ0v) is 20.2. The average Bonchev–Trinajstić information content (AvgIpc) is 2.49. The van der Waals surface area contributed by atoms with E-state index < -0.39 is 8.24 Å². The van der Waals surface area contributed by atoms with Gasteiger partial charge in [-0.2, -0.15) is 0 Å². The van der Waals surface area contributed by atoms with Crippen LogP contribution in [0.3, 0.4) is 0 Å². The number of hydrogen-bond acceptors (Lipinski definition) is 0. The fraction of sp³-hybridized carbons (Fsp3) is 0.850. The molecule has 0 aromatic rings. The first-order valence-corrected chi connectivity index (χ1v) is 11.4. The van der Waals surface area contributed by atoms with E-state index in [1.807, 2.05) is 0 Å². The molecule has 0 N–H and O–H groups in total. The summed E-state index contributed by atoms with van der Waals surface area (Å²) in [6, 6.07) is 0. The van der Waals surface area contributed by atoms with Gasteiger partial charge in [-0.15, -0.1) is 5.54 Å². The van der Waals surface area contributed by atoms with Gasteiger partial charge in [0.15, 0.2) is 0 Å². The Kier molecular flexibility index (Phi) is 12.6. The van der Waals surface area contributed by atoms with E-state index >= 15 is 0 Å². The summed E-state index contributed by atoms with van der Waals surface area (Å²) in [5.41, 5.74) is 1.07. The van der Waals surface area contributed by atoms with E-state index in [0.717, 1.165) is 29.2 Å². The van der Waals surface area contributed by atoms with Crippen molar-refractivity contribution in [3.05, 3.63) is 27.3 Å². The molecule has 0 radical (unpaired) electrons. The molecule has 0 bridgehead atoms. The molecule has 23 heavy (non-hydrogen) atoms. The summed E-state index contributed by atoms with van der Waals surface area (Å²) in [4.78, 5) is 5.34. The van der Waals surface area contributed by atoms with Gasteiger partial charge in [0.1, 0.15) is 0 Å². The van der Waals surface area contributed by atoms with Crippen molar-refractivity contribution in [1.29, 1.82) is 0 Å². The third-order valence-corrected chi connectivity index (χ3v) is 9.68. The summed E-state index contributed by atoms with van der Waals surface area (Å²) in [6.45, 7) is 17.0. The van der Waals surface area contributed by atoms with Gasteiger partial charge in [0, 0.05) is 0 Å². The van der Waals surface area contributed by atoms with Gasteiger partial charge in [-0.1, -0.05) is 80.8 Å². The van der Waals surface area contributed by atoms with Crippen molar-refractivity contribution in [2.45, 2.75) is 84.5 Å². The van der Waals surface area contributed by atoms with Crippen LogP contribution in [-0.4, -0.2) is 13.8 Å². The van der Waals surface area contributed by atoms with Crippen LogP contribution in [0.2, 0.25) is 18.6 Å². The first kappa shape index (κ1) is 28.7. The predicted octanol–water partition coefficient (Wildman–Crippen LogP) is 7.17. The summed E-state index contributed by atoms with van der Waals surface area (Å²) in [7, 11) is -1.49. The normalized spacial score (nSPS) is 33.3. The average molecular weight is 374 g/mol. The molecular weight excluding hydrogens is 330 g/mol. The van der Waals surface area contributed by atoms with Gasteiger partial charge < -0.3 is 27.3 Å². The van der Waals surface area contributed by atoms with E-state index in [4.69, 9.17) is 4.98 Å². The minimum atomic E-state index is -1.49. The van der Waals surface area contributed by atoms with Crippen LogP contribution < -0.4 is 0 Å². The van der Waals surface area contributed by atoms with E-state index in [1.165, 1.54) is 25.7 Å². The molecular formula is C20H43NSiTi. The SMILES string of the molecule is CC1[C@@H](C)[C@@H]2CCCC[C@@H]2[C@H]1[Si](C)(C)[N-]C(C)(C)C.[CH3-].[CH3-].[CH3-].[Ti+4]. The Bertz CT molecular complexity index is 324. The van der Waals surface area contributed by atoms with Crippen molar-refractivity contribution in [3.63, 3.8) is 0 Å². The van der Waals surface area contributed by atoms with E-state index in [1.54, 1.807) is 0 Å². The van der Waals surface area contributed by atoms with Gasteiger partial charge in [-0.3, -0.25) is 0 Å². The topological polar surface area (TPSA) is 14.1 Å². The Labute approximate surface area is 165 Å². The molecule has 0 saturated heterocycles. The minimum Gasteiger partial charge on any atom is -0.660 e. The Morgan fingerprint density at radius 2 is 1.26 bits per heavy atom. The van der Waals surface area contributed by atoms with E-state index in [2.05, 4.69) is 47.7 Å². The fourth-order valence-electron chi connectivity index (χ4n) is 5.50. The van der Waals surface area contributed by atoms with E-state index in [0.29, 0.717) is 0 Å². The Hall–Kier alpha value is 0.891. The number of hydrogen-bond donors (Lipinski definition) is 0. The van der Waals surface area contributed by atoms with E-state index in [9.17, 15) is 0 Å². The molecule has 0 aliphatic heterocycles. The summed E-state index contributed by atoms with van der Waals surface area (Å²) in [6.07, 6.45) is 5.92. The fourth-order valence-corrected chi connectivity index (χ4v) is 10.4. The molecule has 1 nitrogen and oxygen atoms in total. The zero-order chi connectivity index (χ0) is 14.4. The second-order valence-corrected chi connectivity index (χ2v) is 13.0. The molecule has 0 aromatic heterocycles. The van der Waals surface area contributed by atoms with Crippen LogP contribution >= 0.6 is 0 Å². The van der Waals surface area contributed by atoms with Crippen LogP contribution in [0.4, 0.5) is 0 Å². The Morgan fingerprint density at radius 1 is 0.826 bits per heavy atom. The number of nitrogens with zero attached hydrogens (tertiary/aromatic N) is 1. The van der Waals surface area contributed by atoms with Crippen LogP contribution in [0.25, 0.3) is 4.98 Å². The first-order chi connectivity index (χ1) is 8.63. The van der Waals surface area contributed by atoms with Crippen molar-refractivity contribution < 1.29 is 21.7 Å². The minimum absolute atomic E-state index is 0. The van der Waals surface area contributed by atoms with Crippen molar-refractivity contribution >= 4 is 8.24 Å². The molecule has 136 valence electrons. The van der Waals surface area contributed by atoms with Crippen molar-refractivity contribution in [2.24, 2.45) is 23.7 Å². The Morgan fingerprint density at radius 3 is 1.70 bits per heavy atom. The van der Waals surface area contributed by atoms with Gasteiger partial charge in [0.2, 0.25) is 0 Å². The van der Waals surface area contributed by atoms with Gasteiger partial charge in [-0.05, 0) is 30.1 Å². The Balaban J connectivity index is -0.000001000. The predicted molar refractivity (Wildman–Crippen MR) is 107 cm³/mol. The quantitative estimate of drug-likeness (QED) is 0.360. The smallest absolute Gasteiger partial charge is 0.660 e. The third kappa shape index (κ3) is 6.28. The van der Waals surface area contributed by atoms with Crippen molar-refractivity contribution in [3.8, 4) is 0 Å². The zero-order valence-electron chi connectivity index (χ0n) is 17.7. The second-order valence-electron chi connectivity index (χ2n) is 8.79. The molecule has 2 fully saturated rings. The molecule has 0 spiro atoms. The van der Waals surface area contributed by atoms with Crippen molar-refractivity contribution in [1.82, 2.24) is 0 Å². The molecule has 2 saturated carbocycles. The molecule has 5 atom stereocenters. The summed E-state index contributed by atoms with van der Waals surface area (Å²) in [5.74, 6) is 3.82. The van der Waals surface area contributed by atoms with Crippen molar-refractivity contribution in [2.75, 3.05) is 0 Å². The molecule has 1 unspecified atom stereocenters. The number of rotatable bonds is 2. The number of fused-ring (bicyclic) bond motifs is 1. The van der Waals surface area contributed by atoms with Crippen LogP contribution in [-0.2, 0) is 21.7 Å². The maximum atomic E-state index is 5.34. The van der Waals surface area contributed by atoms with Gasteiger partial charge in [-0.25, -0.2) is 0 Å².